The number of allylic oxidation sites excluding steroid dienone is 5. The van der Waals surface area contributed by atoms with Crippen molar-refractivity contribution < 1.29 is 41.4 Å². The summed E-state index contributed by atoms with van der Waals surface area (Å²) in [5.74, 6) is 0. The lowest BCUT2D eigenvalue weighted by Gasteiger charge is -2.34. The van der Waals surface area contributed by atoms with Crippen LogP contribution < -0.4 is 14.7 Å². The van der Waals surface area contributed by atoms with Crippen LogP contribution in [0.15, 0.2) is 34.9 Å². The van der Waals surface area contributed by atoms with Crippen LogP contribution in [0.3, 0.4) is 0 Å². The van der Waals surface area contributed by atoms with Crippen molar-refractivity contribution in [2.45, 2.75) is 39.5 Å². The van der Waals surface area contributed by atoms with Crippen LogP contribution in [0.2, 0.25) is 0 Å². The maximum Gasteiger partial charge on any atom is 0.272 e. The fourth-order valence-electron chi connectivity index (χ4n) is 1.82. The molecule has 1 unspecified atom stereocenters. The van der Waals surface area contributed by atoms with Gasteiger partial charge in [0.15, 0.2) is 0 Å². The number of hydrogen-bond donors (Lipinski definition) is 0. The maximum absolute atomic E-state index is 12.3. The maximum atomic E-state index is 12.3. The molecule has 0 saturated heterocycles. The fraction of sp³-hybridized carbons (Fsp3) is 0.600. The van der Waals surface area contributed by atoms with Gasteiger partial charge in [-0.25, -0.2) is 8.78 Å². The number of alkyl halides is 2. The largest absolute Gasteiger partial charge is 0.790 e. The molecule has 0 N–H and O–H groups in total. The molecule has 0 spiro atoms. The summed E-state index contributed by atoms with van der Waals surface area (Å²) in [4.78, 5) is 31.5. The predicted molar refractivity (Wildman–Crippen MR) is 88.3 cm³/mol. The zero-order chi connectivity index (χ0) is 20.2. The van der Waals surface area contributed by atoms with E-state index in [1.807, 2.05) is 13.0 Å². The Morgan fingerprint density at radius 2 is 1.42 bits per heavy atom. The van der Waals surface area contributed by atoms with Gasteiger partial charge in [-0.2, -0.15) is 0 Å². The molecule has 1 atom stereocenters. The van der Waals surface area contributed by atoms with E-state index in [0.29, 0.717) is 25.7 Å². The van der Waals surface area contributed by atoms with E-state index in [2.05, 4.69) is 8.83 Å². The Balaban J connectivity index is 4.22. The van der Waals surface area contributed by atoms with E-state index in [0.717, 1.165) is 11.1 Å². The van der Waals surface area contributed by atoms with Gasteiger partial charge < -0.3 is 23.8 Å². The van der Waals surface area contributed by atoms with E-state index in [1.165, 1.54) is 6.08 Å². The van der Waals surface area contributed by atoms with Gasteiger partial charge in [0.2, 0.25) is 0 Å². The van der Waals surface area contributed by atoms with Crippen LogP contribution in [0, 0.1) is 0 Å². The van der Waals surface area contributed by atoms with E-state index in [-0.39, 0.29) is 5.57 Å². The molecule has 0 fully saturated rings. The van der Waals surface area contributed by atoms with Gasteiger partial charge in [-0.05, 0) is 45.1 Å². The summed E-state index contributed by atoms with van der Waals surface area (Å²) in [5, 5.41) is 0. The second-order valence-electron chi connectivity index (χ2n) is 5.58. The van der Waals surface area contributed by atoms with Crippen LogP contribution in [0.25, 0.3) is 0 Å². The standard InChI is InChI=1S/C15H26F2O7P2/c1-13(7-4-8-15(11-16)12-17)5-3-6-14(2)9-10-23-26(21,22)24-25(18,19)20/h5,8-9H,3-4,6-7,10-12H2,1-2H3,(H,21,22)(H2,18,19,20)/p-3/b13-5+,14-9+. The van der Waals surface area contributed by atoms with Crippen LogP contribution in [-0.2, 0) is 18.0 Å². The second kappa shape index (κ2) is 12.7. The molecule has 0 amide bonds. The average Bonchev–Trinajstić information content (AvgIpc) is 2.49. The van der Waals surface area contributed by atoms with Crippen molar-refractivity contribution in [1.29, 1.82) is 0 Å². The third-order valence-electron chi connectivity index (χ3n) is 3.21. The highest BCUT2D eigenvalue weighted by atomic mass is 31.3. The van der Waals surface area contributed by atoms with Gasteiger partial charge in [-0.1, -0.05) is 29.4 Å². The SMILES string of the molecule is C/C(=C\CC/C(C)=C/COP(=O)([O-])OP(=O)([O-])[O-])CCC=C(CF)CF. The zero-order valence-corrected chi connectivity index (χ0v) is 16.5. The Labute approximate surface area is 152 Å². The second-order valence-corrected chi connectivity index (χ2v) is 8.28. The van der Waals surface area contributed by atoms with Crippen LogP contribution in [0.1, 0.15) is 39.5 Å². The van der Waals surface area contributed by atoms with E-state index in [4.69, 9.17) is 0 Å². The summed E-state index contributed by atoms with van der Waals surface area (Å²) in [6, 6.07) is 0. The first kappa shape index (κ1) is 25.3. The topological polar surface area (TPSA) is 122 Å². The summed E-state index contributed by atoms with van der Waals surface area (Å²) in [6.07, 6.45) is 7.43. The molecule has 0 saturated carbocycles. The molecule has 0 aliphatic heterocycles. The molecule has 0 heterocycles. The van der Waals surface area contributed by atoms with E-state index >= 15 is 0 Å². The number of hydrogen-bond acceptors (Lipinski definition) is 7. The van der Waals surface area contributed by atoms with Gasteiger partial charge in [0, 0.05) is 0 Å². The van der Waals surface area contributed by atoms with Crippen molar-refractivity contribution >= 4 is 15.6 Å². The van der Waals surface area contributed by atoms with E-state index < -0.39 is 35.6 Å². The average molecular weight is 415 g/mol. The Bertz CT molecular complexity index is 605. The lowest BCUT2D eigenvalue weighted by molar-refractivity contribution is -0.339. The highest BCUT2D eigenvalue weighted by Gasteiger charge is 2.10. The summed E-state index contributed by atoms with van der Waals surface area (Å²) in [7, 11) is -10.9. The molecular weight excluding hydrogens is 392 g/mol. The van der Waals surface area contributed by atoms with Crippen LogP contribution >= 0.6 is 15.6 Å². The lowest BCUT2D eigenvalue weighted by Crippen LogP contribution is -2.19. The zero-order valence-electron chi connectivity index (χ0n) is 14.7. The molecule has 0 aromatic rings. The van der Waals surface area contributed by atoms with Gasteiger partial charge in [0.05, 0.1) is 14.4 Å². The Hall–Kier alpha value is -0.660. The molecule has 0 bridgehead atoms. The molecule has 0 radical (unpaired) electrons. The predicted octanol–water partition coefficient (Wildman–Crippen LogP) is 2.64. The van der Waals surface area contributed by atoms with Crippen LogP contribution in [0.4, 0.5) is 8.78 Å². The fourth-order valence-corrected chi connectivity index (χ4v) is 3.24. The van der Waals surface area contributed by atoms with Crippen molar-refractivity contribution in [2.75, 3.05) is 20.0 Å². The summed E-state index contributed by atoms with van der Waals surface area (Å²) in [6.45, 7) is 1.61. The van der Waals surface area contributed by atoms with Crippen molar-refractivity contribution in [3.05, 3.63) is 34.9 Å². The third kappa shape index (κ3) is 14.5. The first-order valence-electron chi connectivity index (χ1n) is 7.79. The molecule has 0 aliphatic rings. The van der Waals surface area contributed by atoms with Crippen molar-refractivity contribution in [2.24, 2.45) is 0 Å². The molecule has 152 valence electrons. The molecule has 7 nitrogen and oxygen atoms in total. The third-order valence-corrected chi connectivity index (χ3v) is 5.28. The van der Waals surface area contributed by atoms with Crippen molar-refractivity contribution in [3.8, 4) is 0 Å². The van der Waals surface area contributed by atoms with Crippen molar-refractivity contribution in [3.63, 3.8) is 0 Å². The first-order valence-corrected chi connectivity index (χ1v) is 10.7. The molecular formula is C15H23F2O7P2-3. The summed E-state index contributed by atoms with van der Waals surface area (Å²) in [5.41, 5.74) is 1.99. The minimum Gasteiger partial charge on any atom is -0.790 e. The Morgan fingerprint density at radius 1 is 0.923 bits per heavy atom. The monoisotopic (exact) mass is 415 g/mol. The van der Waals surface area contributed by atoms with E-state index in [9.17, 15) is 32.6 Å². The van der Waals surface area contributed by atoms with Crippen LogP contribution in [-0.4, -0.2) is 20.0 Å². The smallest absolute Gasteiger partial charge is 0.272 e. The Morgan fingerprint density at radius 3 is 1.92 bits per heavy atom. The highest BCUT2D eigenvalue weighted by molar-refractivity contribution is 7.58. The molecule has 11 heteroatoms. The quantitative estimate of drug-likeness (QED) is 0.335. The minimum atomic E-state index is -5.67. The molecule has 0 aromatic heterocycles. The first-order chi connectivity index (χ1) is 12.0. The molecule has 26 heavy (non-hydrogen) atoms. The van der Waals surface area contributed by atoms with E-state index in [1.54, 1.807) is 13.0 Å². The van der Waals surface area contributed by atoms with Gasteiger partial charge >= 0.3 is 0 Å². The van der Waals surface area contributed by atoms with Gasteiger partial charge in [-0.15, -0.1) is 0 Å². The number of rotatable bonds is 13. The highest BCUT2D eigenvalue weighted by Crippen LogP contribution is 2.50. The number of halogens is 2. The van der Waals surface area contributed by atoms with Gasteiger partial charge in [0.25, 0.3) is 7.82 Å². The molecule has 0 rings (SSSR count). The Kier molecular flexibility index (Phi) is 12.4. The van der Waals surface area contributed by atoms with Crippen LogP contribution in [0.5, 0.6) is 0 Å². The normalized spacial score (nSPS) is 15.7. The van der Waals surface area contributed by atoms with Gasteiger partial charge in [0.1, 0.15) is 13.3 Å². The number of phosphoric acid groups is 2. The summed E-state index contributed by atoms with van der Waals surface area (Å²) >= 11 is 0. The summed E-state index contributed by atoms with van der Waals surface area (Å²) < 4.78 is 53.4. The number of phosphoric ester groups is 1. The van der Waals surface area contributed by atoms with Crippen molar-refractivity contribution in [1.82, 2.24) is 0 Å². The van der Waals surface area contributed by atoms with Gasteiger partial charge in [-0.3, -0.25) is 8.88 Å². The lowest BCUT2D eigenvalue weighted by atomic mass is 10.1. The molecule has 0 aromatic carbocycles. The minimum absolute atomic E-state index is 0.140. The molecule has 0 aliphatic carbocycles.